The maximum Gasteiger partial charge on any atom is 0.277 e. The first-order chi connectivity index (χ1) is 13.6. The predicted molar refractivity (Wildman–Crippen MR) is 117 cm³/mol. The van der Waals surface area contributed by atoms with Gasteiger partial charge in [0, 0.05) is 31.3 Å². The number of likely N-dealkylation sites (N-methyl/N-ethyl adjacent to an activating group) is 1. The molecule has 1 saturated heterocycles. The lowest BCUT2D eigenvalue weighted by Crippen LogP contribution is -3.11. The third kappa shape index (κ3) is 4.24. The van der Waals surface area contributed by atoms with E-state index >= 15 is 0 Å². The summed E-state index contributed by atoms with van der Waals surface area (Å²) in [6.07, 6.45) is 4.34. The highest BCUT2D eigenvalue weighted by molar-refractivity contribution is 7.98. The highest BCUT2D eigenvalue weighted by Crippen LogP contribution is 2.28. The molecule has 0 saturated carbocycles. The number of nitrogens with one attached hydrogen (secondary N) is 1. The van der Waals surface area contributed by atoms with Gasteiger partial charge >= 0.3 is 0 Å². The summed E-state index contributed by atoms with van der Waals surface area (Å²) < 4.78 is 1.24. The Bertz CT molecular complexity index is 921. The minimum atomic E-state index is 0.206. The number of fused-ring (bicyclic) bond motifs is 1. The summed E-state index contributed by atoms with van der Waals surface area (Å²) in [5.74, 6) is 0.206. The smallest absolute Gasteiger partial charge is 0.277 e. The van der Waals surface area contributed by atoms with Crippen LogP contribution in [0, 0.1) is 0 Å². The summed E-state index contributed by atoms with van der Waals surface area (Å²) in [5.41, 5.74) is 2.25. The molecule has 1 aliphatic heterocycles. The molecular weight excluding hydrogens is 386 g/mol. The van der Waals surface area contributed by atoms with Crippen LogP contribution in [0.25, 0.3) is 10.2 Å². The minimum absolute atomic E-state index is 0.206. The Morgan fingerprint density at radius 1 is 1.25 bits per heavy atom. The molecule has 0 spiro atoms. The van der Waals surface area contributed by atoms with Crippen LogP contribution in [0.3, 0.4) is 0 Å². The second-order valence-corrected chi connectivity index (χ2v) is 9.34. The molecule has 28 heavy (non-hydrogen) atoms. The third-order valence-corrected chi connectivity index (χ3v) is 7.37. The average Bonchev–Trinajstić information content (AvgIpc) is 3.34. The van der Waals surface area contributed by atoms with Crippen molar-refractivity contribution < 1.29 is 9.69 Å². The number of thioether (sulfide) groups is 1. The van der Waals surface area contributed by atoms with E-state index < -0.39 is 0 Å². The first-order valence-corrected chi connectivity index (χ1v) is 11.7. The van der Waals surface area contributed by atoms with Crippen molar-refractivity contribution in [2.75, 3.05) is 26.4 Å². The highest BCUT2D eigenvalue weighted by atomic mass is 32.2. The van der Waals surface area contributed by atoms with E-state index in [1.165, 1.54) is 25.1 Å². The molecule has 3 aromatic rings. The lowest BCUT2D eigenvalue weighted by molar-refractivity contribution is -0.910. The number of hydrogen-bond donors (Lipinski definition) is 1. The number of amides is 1. The van der Waals surface area contributed by atoms with Gasteiger partial charge in [0.1, 0.15) is 6.04 Å². The number of nitrogens with zero attached hydrogens (tertiary/aromatic N) is 2. The molecule has 6 heteroatoms. The van der Waals surface area contributed by atoms with Crippen LogP contribution in [-0.2, 0) is 11.3 Å². The van der Waals surface area contributed by atoms with Crippen molar-refractivity contribution >= 4 is 39.2 Å². The Hall–Kier alpha value is -1.89. The first kappa shape index (κ1) is 19.4. The van der Waals surface area contributed by atoms with Crippen molar-refractivity contribution in [2.24, 2.45) is 0 Å². The van der Waals surface area contributed by atoms with E-state index in [9.17, 15) is 4.79 Å². The van der Waals surface area contributed by atoms with Gasteiger partial charge in [0.05, 0.1) is 16.8 Å². The van der Waals surface area contributed by atoms with Gasteiger partial charge < -0.3 is 9.80 Å². The van der Waals surface area contributed by atoms with Crippen LogP contribution in [0.1, 0.15) is 29.5 Å². The molecule has 0 bridgehead atoms. The fraction of sp³-hybridized carbons (Fsp3) is 0.364. The van der Waals surface area contributed by atoms with Crippen molar-refractivity contribution in [3.05, 3.63) is 59.1 Å². The molecule has 2 heterocycles. The molecule has 2 atom stereocenters. The number of carbonyl (C=O) groups is 1. The summed E-state index contributed by atoms with van der Waals surface area (Å²) in [7, 11) is 1.91. The summed E-state index contributed by atoms with van der Waals surface area (Å²) >= 11 is 3.52. The molecule has 1 fully saturated rings. The number of rotatable bonds is 6. The zero-order valence-corrected chi connectivity index (χ0v) is 18.0. The van der Waals surface area contributed by atoms with E-state index in [4.69, 9.17) is 4.98 Å². The van der Waals surface area contributed by atoms with Crippen LogP contribution in [0.15, 0.2) is 53.4 Å². The number of benzene rings is 2. The number of likely N-dealkylation sites (tertiary alicyclic amines) is 1. The molecule has 0 aliphatic carbocycles. The molecule has 1 unspecified atom stereocenters. The minimum Gasteiger partial charge on any atom is -0.337 e. The van der Waals surface area contributed by atoms with Crippen molar-refractivity contribution in [1.82, 2.24) is 9.88 Å². The molecule has 0 radical (unpaired) electrons. The molecule has 1 N–H and O–H groups in total. The Morgan fingerprint density at radius 2 is 2.04 bits per heavy atom. The van der Waals surface area contributed by atoms with Crippen LogP contribution in [0.2, 0.25) is 0 Å². The number of thiazole rings is 1. The van der Waals surface area contributed by atoms with E-state index in [2.05, 4.69) is 48.7 Å². The van der Waals surface area contributed by atoms with E-state index in [0.717, 1.165) is 24.9 Å². The van der Waals surface area contributed by atoms with Crippen LogP contribution in [0.5, 0.6) is 0 Å². The van der Waals surface area contributed by atoms with Crippen LogP contribution >= 0.6 is 23.1 Å². The van der Waals surface area contributed by atoms with Crippen LogP contribution in [0.4, 0.5) is 0 Å². The van der Waals surface area contributed by atoms with E-state index in [-0.39, 0.29) is 5.91 Å². The average molecular weight is 413 g/mol. The van der Waals surface area contributed by atoms with Gasteiger partial charge in [0.25, 0.3) is 5.91 Å². The molecule has 2 aromatic carbocycles. The lowest BCUT2D eigenvalue weighted by atomic mass is 10.2. The van der Waals surface area contributed by atoms with E-state index in [1.807, 2.05) is 18.0 Å². The zero-order chi connectivity index (χ0) is 19.5. The van der Waals surface area contributed by atoms with Gasteiger partial charge in [0.15, 0.2) is 11.6 Å². The SMILES string of the molecule is CSc1ccc(CN(C)C(=O)C[NH+]2CCC[C@@H]2c2nc3ccccc3s2)cc1. The van der Waals surface area contributed by atoms with Gasteiger partial charge in [-0.15, -0.1) is 23.1 Å². The van der Waals surface area contributed by atoms with Gasteiger partial charge in [-0.3, -0.25) is 4.79 Å². The summed E-state index contributed by atoms with van der Waals surface area (Å²) in [6.45, 7) is 2.25. The third-order valence-electron chi connectivity index (χ3n) is 5.47. The number of para-hydroxylation sites is 1. The zero-order valence-electron chi connectivity index (χ0n) is 16.4. The van der Waals surface area contributed by atoms with Crippen molar-refractivity contribution in [1.29, 1.82) is 0 Å². The topological polar surface area (TPSA) is 37.6 Å². The highest BCUT2D eigenvalue weighted by Gasteiger charge is 2.34. The predicted octanol–water partition coefficient (Wildman–Crippen LogP) is 3.40. The van der Waals surface area contributed by atoms with E-state index in [1.54, 1.807) is 23.1 Å². The number of aromatic nitrogens is 1. The molecule has 1 aromatic heterocycles. The normalized spacial score (nSPS) is 19.2. The van der Waals surface area contributed by atoms with Crippen molar-refractivity contribution in [3.63, 3.8) is 0 Å². The molecule has 1 aliphatic rings. The second kappa shape index (κ2) is 8.64. The molecule has 146 valence electrons. The molecule has 4 rings (SSSR count). The number of hydrogen-bond acceptors (Lipinski definition) is 4. The van der Waals surface area contributed by atoms with E-state index in [0.29, 0.717) is 19.1 Å². The summed E-state index contributed by atoms with van der Waals surface area (Å²) in [5, 5.41) is 1.18. The van der Waals surface area contributed by atoms with Gasteiger partial charge in [-0.05, 0) is 36.1 Å². The van der Waals surface area contributed by atoms with Crippen molar-refractivity contribution in [3.8, 4) is 0 Å². The largest absolute Gasteiger partial charge is 0.337 e. The molecule has 1 amide bonds. The van der Waals surface area contributed by atoms with Crippen LogP contribution in [-0.4, -0.2) is 42.2 Å². The second-order valence-electron chi connectivity index (χ2n) is 7.40. The quantitative estimate of drug-likeness (QED) is 0.631. The Morgan fingerprint density at radius 3 is 2.79 bits per heavy atom. The van der Waals surface area contributed by atoms with Crippen LogP contribution < -0.4 is 4.90 Å². The Labute approximate surface area is 174 Å². The summed E-state index contributed by atoms with van der Waals surface area (Å²) in [6, 6.07) is 17.1. The number of carbonyl (C=O) groups excluding carboxylic acids is 1. The lowest BCUT2D eigenvalue weighted by Gasteiger charge is -2.23. The van der Waals surface area contributed by atoms with Gasteiger partial charge in [-0.25, -0.2) is 4.98 Å². The number of quaternary nitrogens is 1. The Kier molecular flexibility index (Phi) is 5.99. The molecule has 4 nitrogen and oxygen atoms in total. The van der Waals surface area contributed by atoms with Gasteiger partial charge in [-0.2, -0.15) is 0 Å². The first-order valence-electron chi connectivity index (χ1n) is 9.71. The van der Waals surface area contributed by atoms with Gasteiger partial charge in [0.2, 0.25) is 0 Å². The standard InChI is InChI=1S/C22H25N3OS2/c1-24(14-16-9-11-17(27-2)12-10-16)21(26)15-25-13-5-7-19(25)22-23-18-6-3-4-8-20(18)28-22/h3-4,6,8-12,19H,5,7,13-15H2,1-2H3/p+1/t19-/m1/s1. The maximum absolute atomic E-state index is 12.9. The molecular formula is C22H26N3OS2+. The van der Waals surface area contributed by atoms with Crippen molar-refractivity contribution in [2.45, 2.75) is 30.3 Å². The fourth-order valence-electron chi connectivity index (χ4n) is 3.88. The summed E-state index contributed by atoms with van der Waals surface area (Å²) in [4.78, 5) is 22.2. The monoisotopic (exact) mass is 412 g/mol. The van der Waals surface area contributed by atoms with Gasteiger partial charge in [-0.1, -0.05) is 24.3 Å². The fourth-order valence-corrected chi connectivity index (χ4v) is 5.45. The maximum atomic E-state index is 12.9. The Balaban J connectivity index is 1.40.